The summed E-state index contributed by atoms with van der Waals surface area (Å²) in [7, 11) is 0. The van der Waals surface area contributed by atoms with Crippen molar-refractivity contribution in [3.05, 3.63) is 73.1 Å². The van der Waals surface area contributed by atoms with Crippen LogP contribution in [-0.4, -0.2) is 14.3 Å². The van der Waals surface area contributed by atoms with E-state index in [4.69, 9.17) is 23.2 Å². The van der Waals surface area contributed by atoms with Gasteiger partial charge in [-0.2, -0.15) is 0 Å². The van der Waals surface area contributed by atoms with E-state index in [0.29, 0.717) is 20.6 Å². The summed E-state index contributed by atoms with van der Waals surface area (Å²) >= 11 is 12.8. The summed E-state index contributed by atoms with van der Waals surface area (Å²) in [5, 5.41) is 12.0. The number of fused-ring (bicyclic) bond motifs is 1. The van der Waals surface area contributed by atoms with Crippen LogP contribution in [0.25, 0.3) is 5.65 Å². The smallest absolute Gasteiger partial charge is 0.262 e. The van der Waals surface area contributed by atoms with Gasteiger partial charge in [0, 0.05) is 11.1 Å². The van der Waals surface area contributed by atoms with Crippen molar-refractivity contribution >= 4 is 46.3 Å². The largest absolute Gasteiger partial charge is 0.366 e. The molecule has 0 aliphatic rings. The van der Waals surface area contributed by atoms with Crippen LogP contribution in [0.3, 0.4) is 0 Å². The monoisotopic (exact) mass is 367 g/mol. The summed E-state index contributed by atoms with van der Waals surface area (Å²) < 4.78 is 1.14. The molecular formula is C14H7Cl2N3O3S. The number of nitro groups is 1. The van der Waals surface area contributed by atoms with Crippen molar-refractivity contribution in [1.82, 2.24) is 9.38 Å². The van der Waals surface area contributed by atoms with Gasteiger partial charge in [0.1, 0.15) is 5.65 Å². The van der Waals surface area contributed by atoms with Gasteiger partial charge >= 0.3 is 11.2 Å². The lowest BCUT2D eigenvalue weighted by molar-refractivity contribution is -0.389. The van der Waals surface area contributed by atoms with E-state index in [9.17, 15) is 14.9 Å². The predicted molar refractivity (Wildman–Crippen MR) is 88.7 cm³/mol. The second-order valence-electron chi connectivity index (χ2n) is 4.43. The van der Waals surface area contributed by atoms with Crippen molar-refractivity contribution in [1.29, 1.82) is 0 Å². The first-order valence-corrected chi connectivity index (χ1v) is 7.83. The molecule has 0 saturated carbocycles. The number of hydrogen-bond donors (Lipinski definition) is 0. The molecule has 2 aromatic heterocycles. The van der Waals surface area contributed by atoms with Crippen molar-refractivity contribution < 1.29 is 4.92 Å². The highest BCUT2D eigenvalue weighted by Crippen LogP contribution is 2.34. The molecule has 0 amide bonds. The molecule has 0 saturated heterocycles. The molecule has 0 N–H and O–H groups in total. The Kier molecular flexibility index (Phi) is 4.25. The minimum absolute atomic E-state index is 0.00425. The highest BCUT2D eigenvalue weighted by molar-refractivity contribution is 7.99. The van der Waals surface area contributed by atoms with Gasteiger partial charge in [0.15, 0.2) is 5.03 Å². The maximum absolute atomic E-state index is 12.3. The third kappa shape index (κ3) is 3.03. The molecule has 0 spiro atoms. The highest BCUT2D eigenvalue weighted by atomic mass is 35.5. The van der Waals surface area contributed by atoms with Crippen molar-refractivity contribution in [2.45, 2.75) is 9.92 Å². The van der Waals surface area contributed by atoms with Gasteiger partial charge in [-0.3, -0.25) is 19.3 Å². The van der Waals surface area contributed by atoms with Gasteiger partial charge in [-0.15, -0.1) is 0 Å². The molecule has 0 bridgehead atoms. The van der Waals surface area contributed by atoms with Crippen LogP contribution in [0, 0.1) is 10.1 Å². The summed E-state index contributed by atoms with van der Waals surface area (Å²) in [6, 6.07) is 9.69. The van der Waals surface area contributed by atoms with Crippen molar-refractivity contribution in [2.75, 3.05) is 0 Å². The Labute approximate surface area is 143 Å². The Morgan fingerprint density at radius 2 is 1.96 bits per heavy atom. The Balaban J connectivity index is 2.19. The fourth-order valence-corrected chi connectivity index (χ4v) is 3.24. The molecule has 1 aromatic carbocycles. The summed E-state index contributed by atoms with van der Waals surface area (Å²) in [6.45, 7) is 0. The van der Waals surface area contributed by atoms with Gasteiger partial charge in [-0.05, 0) is 30.3 Å². The number of nitrogens with zero attached hydrogens (tertiary/aromatic N) is 3. The van der Waals surface area contributed by atoms with Gasteiger partial charge < -0.3 is 0 Å². The molecule has 3 aromatic rings. The molecule has 23 heavy (non-hydrogen) atoms. The molecule has 0 unspecified atom stereocenters. The third-order valence-corrected chi connectivity index (χ3v) is 4.67. The lowest BCUT2D eigenvalue weighted by Crippen LogP contribution is -2.19. The molecule has 3 rings (SSSR count). The summed E-state index contributed by atoms with van der Waals surface area (Å²) in [5.74, 6) is 0. The lowest BCUT2D eigenvalue weighted by atomic mass is 10.4. The molecule has 0 atom stereocenters. The van der Waals surface area contributed by atoms with Crippen LogP contribution in [0.4, 0.5) is 5.69 Å². The zero-order valence-electron chi connectivity index (χ0n) is 11.3. The molecule has 0 aliphatic carbocycles. The van der Waals surface area contributed by atoms with E-state index in [-0.39, 0.29) is 5.03 Å². The first-order chi connectivity index (χ1) is 11.0. The van der Waals surface area contributed by atoms with E-state index in [1.54, 1.807) is 36.4 Å². The number of rotatable bonds is 3. The summed E-state index contributed by atoms with van der Waals surface area (Å²) in [5.41, 5.74) is -0.987. The zero-order valence-corrected chi connectivity index (χ0v) is 13.6. The quantitative estimate of drug-likeness (QED) is 0.396. The van der Waals surface area contributed by atoms with Crippen LogP contribution in [0.15, 0.2) is 57.3 Å². The summed E-state index contributed by atoms with van der Waals surface area (Å²) in [6.07, 6.45) is 1.44. The minimum Gasteiger partial charge on any atom is -0.262 e. The number of benzene rings is 1. The van der Waals surface area contributed by atoms with Crippen LogP contribution in [-0.2, 0) is 0 Å². The summed E-state index contributed by atoms with van der Waals surface area (Å²) in [4.78, 5) is 27.7. The van der Waals surface area contributed by atoms with Crippen molar-refractivity contribution in [2.24, 2.45) is 0 Å². The first kappa shape index (κ1) is 15.8. The molecule has 0 radical (unpaired) electrons. The van der Waals surface area contributed by atoms with E-state index in [1.165, 1.54) is 6.20 Å². The second kappa shape index (κ2) is 6.19. The van der Waals surface area contributed by atoms with E-state index < -0.39 is 16.2 Å². The number of pyridine rings is 1. The lowest BCUT2D eigenvalue weighted by Gasteiger charge is -2.06. The van der Waals surface area contributed by atoms with Gasteiger partial charge in [0.05, 0.1) is 15.0 Å². The maximum atomic E-state index is 12.3. The second-order valence-corrected chi connectivity index (χ2v) is 6.31. The third-order valence-electron chi connectivity index (χ3n) is 2.97. The van der Waals surface area contributed by atoms with Gasteiger partial charge in [-0.1, -0.05) is 41.0 Å². The Hall–Kier alpha value is -2.09. The van der Waals surface area contributed by atoms with E-state index in [1.807, 2.05) is 0 Å². The van der Waals surface area contributed by atoms with Gasteiger partial charge in [0.2, 0.25) is 0 Å². The molecule has 0 fully saturated rings. The Bertz CT molecular complexity index is 991. The average Bonchev–Trinajstić information content (AvgIpc) is 2.51. The molecule has 9 heteroatoms. The highest BCUT2D eigenvalue weighted by Gasteiger charge is 2.24. The Morgan fingerprint density at radius 1 is 1.17 bits per heavy atom. The van der Waals surface area contributed by atoms with Crippen molar-refractivity contribution in [3.63, 3.8) is 0 Å². The normalized spacial score (nSPS) is 10.9. The van der Waals surface area contributed by atoms with E-state index >= 15 is 0 Å². The van der Waals surface area contributed by atoms with Crippen LogP contribution in [0.1, 0.15) is 0 Å². The molecular weight excluding hydrogens is 361 g/mol. The number of halogens is 2. The molecule has 6 nitrogen and oxygen atoms in total. The Morgan fingerprint density at radius 3 is 2.65 bits per heavy atom. The van der Waals surface area contributed by atoms with Gasteiger partial charge in [0.25, 0.3) is 0 Å². The van der Waals surface area contributed by atoms with Crippen LogP contribution < -0.4 is 5.56 Å². The fraction of sp³-hybridized carbons (Fsp3) is 0. The van der Waals surface area contributed by atoms with Crippen LogP contribution in [0.2, 0.25) is 10.0 Å². The molecule has 0 aliphatic heterocycles. The maximum Gasteiger partial charge on any atom is 0.366 e. The minimum atomic E-state index is -0.733. The van der Waals surface area contributed by atoms with Crippen LogP contribution >= 0.6 is 35.0 Å². The average molecular weight is 368 g/mol. The predicted octanol–water partition coefficient (Wildman–Crippen LogP) is 4.06. The molecule has 2 heterocycles. The fourth-order valence-electron chi connectivity index (χ4n) is 1.94. The van der Waals surface area contributed by atoms with Crippen LogP contribution in [0.5, 0.6) is 0 Å². The van der Waals surface area contributed by atoms with E-state index in [0.717, 1.165) is 16.2 Å². The first-order valence-electron chi connectivity index (χ1n) is 6.26. The number of hydrogen-bond acceptors (Lipinski definition) is 5. The van der Waals surface area contributed by atoms with Crippen molar-refractivity contribution in [3.8, 4) is 0 Å². The molecule has 116 valence electrons. The SMILES string of the molecule is O=c1c([N+](=O)[O-])c(Sc2ccc(Cl)c(Cl)c2)nc2ccccn12. The van der Waals surface area contributed by atoms with Gasteiger partial charge in [-0.25, -0.2) is 4.98 Å². The topological polar surface area (TPSA) is 77.5 Å². The standard InChI is InChI=1S/C14H7Cl2N3O3S/c15-9-5-4-8(7-10(9)16)23-13-12(19(21)22)14(20)18-6-2-1-3-11(18)17-13/h1-7H. The van der Waals surface area contributed by atoms with E-state index in [2.05, 4.69) is 4.98 Å². The zero-order chi connectivity index (χ0) is 16.6. The number of aromatic nitrogens is 2.